The highest BCUT2D eigenvalue weighted by Gasteiger charge is 2.31. The van der Waals surface area contributed by atoms with Gasteiger partial charge in [0.05, 0.1) is 0 Å². The van der Waals surface area contributed by atoms with Crippen LogP contribution in [-0.2, 0) is 0 Å². The summed E-state index contributed by atoms with van der Waals surface area (Å²) in [7, 11) is 0. The molecule has 0 saturated heterocycles. The molecular formula is C20H42. The lowest BCUT2D eigenvalue weighted by molar-refractivity contribution is 0.120. The van der Waals surface area contributed by atoms with Gasteiger partial charge in [0.2, 0.25) is 0 Å². The molecule has 0 rings (SSSR count). The van der Waals surface area contributed by atoms with Crippen molar-refractivity contribution in [2.24, 2.45) is 29.1 Å². The van der Waals surface area contributed by atoms with Crippen molar-refractivity contribution in [2.75, 3.05) is 0 Å². The minimum Gasteiger partial charge on any atom is -0.0654 e. The molecule has 0 aliphatic rings. The van der Waals surface area contributed by atoms with Gasteiger partial charge in [0, 0.05) is 0 Å². The molecule has 0 heteroatoms. The molecule has 20 heavy (non-hydrogen) atoms. The van der Waals surface area contributed by atoms with Gasteiger partial charge in [0.1, 0.15) is 0 Å². The van der Waals surface area contributed by atoms with Gasteiger partial charge >= 0.3 is 0 Å². The second-order valence-corrected chi connectivity index (χ2v) is 7.77. The van der Waals surface area contributed by atoms with Crippen LogP contribution in [-0.4, -0.2) is 0 Å². The minimum atomic E-state index is 0.567. The van der Waals surface area contributed by atoms with Gasteiger partial charge in [-0.25, -0.2) is 0 Å². The summed E-state index contributed by atoms with van der Waals surface area (Å²) in [5.74, 6) is 3.51. The maximum atomic E-state index is 2.53. The van der Waals surface area contributed by atoms with E-state index in [0.717, 1.165) is 23.7 Å². The number of hydrogen-bond donors (Lipinski definition) is 0. The van der Waals surface area contributed by atoms with E-state index in [0.29, 0.717) is 5.41 Å². The number of rotatable bonds is 11. The Hall–Kier alpha value is 0. The van der Waals surface area contributed by atoms with Crippen molar-refractivity contribution in [3.05, 3.63) is 0 Å². The van der Waals surface area contributed by atoms with E-state index in [2.05, 4.69) is 55.4 Å². The smallest absolute Gasteiger partial charge is 0.0326 e. The summed E-state index contributed by atoms with van der Waals surface area (Å²) in [5.41, 5.74) is 0.567. The van der Waals surface area contributed by atoms with Crippen molar-refractivity contribution in [1.82, 2.24) is 0 Å². The topological polar surface area (TPSA) is 0 Å². The van der Waals surface area contributed by atoms with Crippen LogP contribution in [0, 0.1) is 29.1 Å². The highest BCUT2D eigenvalue weighted by atomic mass is 14.4. The Morgan fingerprint density at radius 2 is 1.45 bits per heavy atom. The van der Waals surface area contributed by atoms with Crippen LogP contribution in [0.15, 0.2) is 0 Å². The fourth-order valence-corrected chi connectivity index (χ4v) is 3.90. The van der Waals surface area contributed by atoms with Gasteiger partial charge in [-0.3, -0.25) is 0 Å². The Balaban J connectivity index is 4.85. The van der Waals surface area contributed by atoms with Crippen molar-refractivity contribution in [3.63, 3.8) is 0 Å². The summed E-state index contributed by atoms with van der Waals surface area (Å²) < 4.78 is 0. The van der Waals surface area contributed by atoms with Gasteiger partial charge in [-0.2, -0.15) is 0 Å². The van der Waals surface area contributed by atoms with Crippen LogP contribution in [0.5, 0.6) is 0 Å². The van der Waals surface area contributed by atoms with Gasteiger partial charge in [-0.1, -0.05) is 87.5 Å². The average Bonchev–Trinajstić information content (AvgIpc) is 2.44. The molecule has 0 fully saturated rings. The fraction of sp³-hybridized carbons (Fsp3) is 1.00. The van der Waals surface area contributed by atoms with Gasteiger partial charge in [-0.05, 0) is 41.9 Å². The Bertz CT molecular complexity index is 232. The normalized spacial score (nSPS) is 21.0. The maximum Gasteiger partial charge on any atom is -0.0326 e. The van der Waals surface area contributed by atoms with Crippen molar-refractivity contribution in [3.8, 4) is 0 Å². The van der Waals surface area contributed by atoms with Crippen LogP contribution in [0.1, 0.15) is 100 Å². The zero-order valence-corrected chi connectivity index (χ0v) is 15.8. The van der Waals surface area contributed by atoms with E-state index < -0.39 is 0 Å². The molecule has 5 atom stereocenters. The third kappa shape index (κ3) is 6.19. The average molecular weight is 283 g/mol. The summed E-state index contributed by atoms with van der Waals surface area (Å²) in [6.07, 6.45) is 9.59. The van der Waals surface area contributed by atoms with E-state index in [4.69, 9.17) is 0 Å². The second-order valence-electron chi connectivity index (χ2n) is 7.77. The second kappa shape index (κ2) is 9.85. The van der Waals surface area contributed by atoms with Gasteiger partial charge in [-0.15, -0.1) is 0 Å². The van der Waals surface area contributed by atoms with E-state index in [-0.39, 0.29) is 0 Å². The number of hydrogen-bond acceptors (Lipinski definition) is 0. The third-order valence-electron chi connectivity index (χ3n) is 6.24. The first kappa shape index (κ1) is 20.0. The molecule has 0 radical (unpaired) electrons. The van der Waals surface area contributed by atoms with Crippen molar-refractivity contribution >= 4 is 0 Å². The fourth-order valence-electron chi connectivity index (χ4n) is 3.90. The summed E-state index contributed by atoms with van der Waals surface area (Å²) in [5, 5.41) is 0. The molecule has 0 aliphatic carbocycles. The first-order valence-electron chi connectivity index (χ1n) is 9.35. The zero-order chi connectivity index (χ0) is 15.8. The van der Waals surface area contributed by atoms with E-state index >= 15 is 0 Å². The SMILES string of the molecule is CCCC(CC(C)(CC)CCC)C(C)C(C)C(C)CC. The summed E-state index contributed by atoms with van der Waals surface area (Å²) in [6.45, 7) is 19.4. The molecule has 0 aliphatic heterocycles. The molecule has 0 N–H and O–H groups in total. The molecule has 0 heterocycles. The molecule has 122 valence electrons. The van der Waals surface area contributed by atoms with Crippen LogP contribution in [0.3, 0.4) is 0 Å². The lowest BCUT2D eigenvalue weighted by Crippen LogP contribution is -2.29. The Morgan fingerprint density at radius 3 is 1.85 bits per heavy atom. The van der Waals surface area contributed by atoms with Crippen LogP contribution in [0.2, 0.25) is 0 Å². The van der Waals surface area contributed by atoms with Crippen LogP contribution >= 0.6 is 0 Å². The first-order valence-corrected chi connectivity index (χ1v) is 9.35. The Morgan fingerprint density at radius 1 is 0.850 bits per heavy atom. The highest BCUT2D eigenvalue weighted by Crippen LogP contribution is 2.41. The Kier molecular flexibility index (Phi) is 9.85. The molecule has 0 aromatic rings. The lowest BCUT2D eigenvalue weighted by Gasteiger charge is -2.38. The van der Waals surface area contributed by atoms with Crippen LogP contribution < -0.4 is 0 Å². The monoisotopic (exact) mass is 282 g/mol. The predicted octanol–water partition coefficient (Wildman–Crippen LogP) is 7.33. The largest absolute Gasteiger partial charge is 0.0654 e. The van der Waals surface area contributed by atoms with Gasteiger partial charge in [0.25, 0.3) is 0 Å². The molecule has 0 aromatic heterocycles. The predicted molar refractivity (Wildman–Crippen MR) is 94.1 cm³/mol. The molecule has 0 aromatic carbocycles. The zero-order valence-electron chi connectivity index (χ0n) is 15.8. The third-order valence-corrected chi connectivity index (χ3v) is 6.24. The molecular weight excluding hydrogens is 240 g/mol. The van der Waals surface area contributed by atoms with E-state index in [9.17, 15) is 0 Å². The summed E-state index contributed by atoms with van der Waals surface area (Å²) in [4.78, 5) is 0. The summed E-state index contributed by atoms with van der Waals surface area (Å²) in [6, 6.07) is 0. The van der Waals surface area contributed by atoms with E-state index in [1.165, 1.54) is 44.9 Å². The molecule has 0 amide bonds. The molecule has 0 spiro atoms. The quantitative estimate of drug-likeness (QED) is 0.372. The molecule has 5 unspecified atom stereocenters. The van der Waals surface area contributed by atoms with Gasteiger partial charge < -0.3 is 0 Å². The first-order chi connectivity index (χ1) is 9.35. The molecule has 0 nitrogen and oxygen atoms in total. The molecule has 0 bridgehead atoms. The standard InChI is InChI=1S/C20H42/c1-9-13-19(15-20(8,12-4)14-10-2)18(7)17(6)16(5)11-3/h16-19H,9-15H2,1-8H3. The lowest BCUT2D eigenvalue weighted by atomic mass is 9.67. The van der Waals surface area contributed by atoms with Crippen molar-refractivity contribution < 1.29 is 0 Å². The summed E-state index contributed by atoms with van der Waals surface area (Å²) >= 11 is 0. The Labute approximate surface area is 130 Å². The van der Waals surface area contributed by atoms with E-state index in [1.54, 1.807) is 0 Å². The minimum absolute atomic E-state index is 0.567. The highest BCUT2D eigenvalue weighted by molar-refractivity contribution is 4.82. The van der Waals surface area contributed by atoms with Crippen molar-refractivity contribution in [2.45, 2.75) is 100 Å². The molecule has 0 saturated carbocycles. The van der Waals surface area contributed by atoms with Crippen LogP contribution in [0.4, 0.5) is 0 Å². The van der Waals surface area contributed by atoms with Gasteiger partial charge in [0.15, 0.2) is 0 Å². The van der Waals surface area contributed by atoms with Crippen molar-refractivity contribution in [1.29, 1.82) is 0 Å². The maximum absolute atomic E-state index is 2.53. The van der Waals surface area contributed by atoms with E-state index in [1.807, 2.05) is 0 Å². The van der Waals surface area contributed by atoms with Crippen LogP contribution in [0.25, 0.3) is 0 Å².